The number of rotatable bonds is 4. The van der Waals surface area contributed by atoms with Crippen molar-refractivity contribution in [2.75, 3.05) is 19.7 Å². The summed E-state index contributed by atoms with van der Waals surface area (Å²) >= 11 is 3.21. The molecule has 6 nitrogen and oxygen atoms in total. The zero-order chi connectivity index (χ0) is 15.8. The van der Waals surface area contributed by atoms with Gasteiger partial charge in [-0.15, -0.1) is 0 Å². The molecular weight excluding hydrogens is 362 g/mol. The Balaban J connectivity index is 2.44. The van der Waals surface area contributed by atoms with E-state index in [1.54, 1.807) is 6.92 Å². The van der Waals surface area contributed by atoms with Gasteiger partial charge in [-0.1, -0.05) is 15.9 Å². The molecule has 0 aliphatic carbocycles. The van der Waals surface area contributed by atoms with Crippen molar-refractivity contribution >= 4 is 31.9 Å². The van der Waals surface area contributed by atoms with Gasteiger partial charge in [0, 0.05) is 24.2 Å². The third-order valence-corrected chi connectivity index (χ3v) is 6.36. The van der Waals surface area contributed by atoms with E-state index in [2.05, 4.69) is 15.9 Å². The molecule has 0 spiro atoms. The monoisotopic (exact) mass is 377 g/mol. The highest BCUT2D eigenvalue weighted by Gasteiger charge is 2.33. The van der Waals surface area contributed by atoms with Gasteiger partial charge >= 0.3 is 5.97 Å². The highest BCUT2D eigenvalue weighted by molar-refractivity contribution is 9.10. The number of carboxylic acid groups (broad SMARTS) is 1. The first-order valence-corrected chi connectivity index (χ1v) is 8.65. The fourth-order valence-electron chi connectivity index (χ4n) is 2.34. The number of halogens is 1. The number of aromatic carboxylic acids is 1. The van der Waals surface area contributed by atoms with Gasteiger partial charge in [-0.25, -0.2) is 13.2 Å². The molecular formula is C13H16BrNO5S. The molecule has 0 radical (unpaired) electrons. The molecule has 1 saturated heterocycles. The van der Waals surface area contributed by atoms with E-state index in [4.69, 9.17) is 10.2 Å². The highest BCUT2D eigenvalue weighted by Crippen LogP contribution is 2.29. The summed E-state index contributed by atoms with van der Waals surface area (Å²) in [6, 6.07) is 2.60. The smallest absolute Gasteiger partial charge is 0.336 e. The lowest BCUT2D eigenvalue weighted by Crippen LogP contribution is -2.29. The Kier molecular flexibility index (Phi) is 4.72. The average Bonchev–Trinajstić information content (AvgIpc) is 2.90. The standard InChI is InChI=1S/C13H16BrNO5S/c1-8-11(13(17)18)4-10(5-12(8)14)21(19,20)15-3-2-9(6-15)7-16/h4-5,9,16H,2-3,6-7H2,1H3,(H,17,18). The topological polar surface area (TPSA) is 94.9 Å². The number of carbonyl (C=O) groups is 1. The molecule has 21 heavy (non-hydrogen) atoms. The Morgan fingerprint density at radius 3 is 2.67 bits per heavy atom. The van der Waals surface area contributed by atoms with Crippen LogP contribution in [0.3, 0.4) is 0 Å². The summed E-state index contributed by atoms with van der Waals surface area (Å²) in [6.45, 7) is 2.15. The Morgan fingerprint density at radius 2 is 2.14 bits per heavy atom. The summed E-state index contributed by atoms with van der Waals surface area (Å²) in [6.07, 6.45) is 0.606. The molecule has 1 aliphatic rings. The largest absolute Gasteiger partial charge is 0.478 e. The van der Waals surface area contributed by atoms with Crippen LogP contribution in [-0.4, -0.2) is 48.6 Å². The predicted molar refractivity (Wildman–Crippen MR) is 79.8 cm³/mol. The minimum Gasteiger partial charge on any atom is -0.478 e. The Labute approximate surface area is 131 Å². The third-order valence-electron chi connectivity index (χ3n) is 3.69. The first-order valence-electron chi connectivity index (χ1n) is 6.41. The molecule has 0 amide bonds. The fourth-order valence-corrected chi connectivity index (χ4v) is 4.53. The number of aliphatic hydroxyl groups is 1. The van der Waals surface area contributed by atoms with Crippen molar-refractivity contribution < 1.29 is 23.4 Å². The van der Waals surface area contributed by atoms with Gasteiger partial charge in [-0.2, -0.15) is 4.31 Å². The van der Waals surface area contributed by atoms with Crippen molar-refractivity contribution in [2.45, 2.75) is 18.2 Å². The Bertz CT molecular complexity index is 673. The maximum Gasteiger partial charge on any atom is 0.336 e. The molecule has 0 saturated carbocycles. The van der Waals surface area contributed by atoms with Crippen LogP contribution in [0.2, 0.25) is 0 Å². The summed E-state index contributed by atoms with van der Waals surface area (Å²) in [7, 11) is -3.75. The van der Waals surface area contributed by atoms with E-state index in [1.807, 2.05) is 0 Å². The minimum atomic E-state index is -3.75. The molecule has 0 aromatic heterocycles. The molecule has 2 rings (SSSR count). The SMILES string of the molecule is Cc1c(Br)cc(S(=O)(=O)N2CCC(CO)C2)cc1C(=O)O. The summed E-state index contributed by atoms with van der Waals surface area (Å²) < 4.78 is 26.9. The Morgan fingerprint density at radius 1 is 1.48 bits per heavy atom. The average molecular weight is 378 g/mol. The number of benzene rings is 1. The van der Waals surface area contributed by atoms with Gasteiger partial charge in [-0.05, 0) is 37.0 Å². The second-order valence-corrected chi connectivity index (χ2v) is 7.88. The van der Waals surface area contributed by atoms with E-state index in [1.165, 1.54) is 16.4 Å². The molecule has 1 unspecified atom stereocenters. The lowest BCUT2D eigenvalue weighted by atomic mass is 10.1. The van der Waals surface area contributed by atoms with Crippen molar-refractivity contribution in [2.24, 2.45) is 5.92 Å². The van der Waals surface area contributed by atoms with E-state index in [0.29, 0.717) is 23.0 Å². The normalized spacial score (nSPS) is 19.9. The van der Waals surface area contributed by atoms with Crippen molar-refractivity contribution in [1.82, 2.24) is 4.31 Å². The van der Waals surface area contributed by atoms with Crippen LogP contribution < -0.4 is 0 Å². The molecule has 1 fully saturated rings. The number of carboxylic acids is 1. The molecule has 0 bridgehead atoms. The first-order chi connectivity index (χ1) is 9.77. The predicted octanol–water partition coefficient (Wildman–Crippen LogP) is 1.46. The van der Waals surface area contributed by atoms with Gasteiger partial charge in [0.1, 0.15) is 0 Å². The maximum absolute atomic E-state index is 12.6. The third kappa shape index (κ3) is 3.13. The summed E-state index contributed by atoms with van der Waals surface area (Å²) in [5.41, 5.74) is 0.442. The number of aliphatic hydroxyl groups excluding tert-OH is 1. The quantitative estimate of drug-likeness (QED) is 0.827. The second-order valence-electron chi connectivity index (χ2n) is 5.08. The van der Waals surface area contributed by atoms with Crippen LogP contribution in [0.25, 0.3) is 0 Å². The van der Waals surface area contributed by atoms with Crippen molar-refractivity contribution in [1.29, 1.82) is 0 Å². The van der Waals surface area contributed by atoms with E-state index in [-0.39, 0.29) is 29.5 Å². The number of sulfonamides is 1. The Hall–Kier alpha value is -0.960. The van der Waals surface area contributed by atoms with Crippen LogP contribution in [0.15, 0.2) is 21.5 Å². The zero-order valence-electron chi connectivity index (χ0n) is 11.4. The molecule has 2 N–H and O–H groups in total. The van der Waals surface area contributed by atoms with Crippen molar-refractivity contribution in [3.05, 3.63) is 27.7 Å². The van der Waals surface area contributed by atoms with Crippen molar-refractivity contribution in [3.63, 3.8) is 0 Å². The summed E-state index contributed by atoms with van der Waals surface area (Å²) in [4.78, 5) is 11.2. The van der Waals surface area contributed by atoms with E-state index >= 15 is 0 Å². The first kappa shape index (κ1) is 16.4. The zero-order valence-corrected chi connectivity index (χ0v) is 13.8. The lowest BCUT2D eigenvalue weighted by molar-refractivity contribution is 0.0695. The van der Waals surface area contributed by atoms with Crippen LogP contribution in [0.4, 0.5) is 0 Å². The molecule has 1 aromatic carbocycles. The molecule has 1 aromatic rings. The fraction of sp³-hybridized carbons (Fsp3) is 0.462. The highest BCUT2D eigenvalue weighted by atomic mass is 79.9. The number of nitrogens with zero attached hydrogens (tertiary/aromatic N) is 1. The van der Waals surface area contributed by atoms with Gasteiger partial charge in [-0.3, -0.25) is 0 Å². The molecule has 1 atom stereocenters. The summed E-state index contributed by atoms with van der Waals surface area (Å²) in [5, 5.41) is 18.3. The van der Waals surface area contributed by atoms with Crippen molar-refractivity contribution in [3.8, 4) is 0 Å². The van der Waals surface area contributed by atoms with Gasteiger partial charge in [0.15, 0.2) is 0 Å². The van der Waals surface area contributed by atoms with Crippen LogP contribution in [0.5, 0.6) is 0 Å². The lowest BCUT2D eigenvalue weighted by Gasteiger charge is -2.17. The second kappa shape index (κ2) is 6.04. The molecule has 8 heteroatoms. The molecule has 116 valence electrons. The van der Waals surface area contributed by atoms with Gasteiger partial charge in [0.2, 0.25) is 10.0 Å². The molecule has 1 heterocycles. The van der Waals surface area contributed by atoms with Crippen LogP contribution in [-0.2, 0) is 10.0 Å². The van der Waals surface area contributed by atoms with Crippen LogP contribution in [0.1, 0.15) is 22.3 Å². The van der Waals surface area contributed by atoms with E-state index in [9.17, 15) is 13.2 Å². The van der Waals surface area contributed by atoms with Gasteiger partial charge in [0.25, 0.3) is 0 Å². The van der Waals surface area contributed by atoms with Crippen LogP contribution >= 0.6 is 15.9 Å². The summed E-state index contributed by atoms with van der Waals surface area (Å²) in [5.74, 6) is -1.23. The number of hydrogen-bond donors (Lipinski definition) is 2. The minimum absolute atomic E-state index is 0.0409. The van der Waals surface area contributed by atoms with Gasteiger partial charge in [0.05, 0.1) is 10.5 Å². The molecule has 1 aliphatic heterocycles. The van der Waals surface area contributed by atoms with Gasteiger partial charge < -0.3 is 10.2 Å². The van der Waals surface area contributed by atoms with Crippen LogP contribution in [0, 0.1) is 12.8 Å². The van der Waals surface area contributed by atoms with E-state index in [0.717, 1.165) is 0 Å². The maximum atomic E-state index is 12.6. The number of hydrogen-bond acceptors (Lipinski definition) is 4. The van der Waals surface area contributed by atoms with E-state index < -0.39 is 16.0 Å².